The third-order valence-corrected chi connectivity index (χ3v) is 7.57. The Morgan fingerprint density at radius 3 is 2.14 bits per heavy atom. The molecule has 1 atom stereocenters. The predicted molar refractivity (Wildman–Crippen MR) is 137 cm³/mol. The molecule has 0 radical (unpaired) electrons. The second kappa shape index (κ2) is 11.2. The van der Waals surface area contributed by atoms with Gasteiger partial charge in [0.1, 0.15) is 12.6 Å². The standard InChI is InChI=1S/C27H31N3O4S/c1-20-13-15-25(16-14-20)35(33,34)30(24-11-6-5-7-12-24)19-26(31)29(22(3)27(32)28-4)18-23-10-8-9-21(2)17-23/h5-17,22H,18-19H2,1-4H3,(H,28,32)/t22-/m0/s1. The Labute approximate surface area is 207 Å². The Bertz CT molecular complexity index is 1280. The van der Waals surface area contributed by atoms with Crippen molar-refractivity contribution in [2.75, 3.05) is 17.9 Å². The van der Waals surface area contributed by atoms with E-state index in [4.69, 9.17) is 0 Å². The summed E-state index contributed by atoms with van der Waals surface area (Å²) in [7, 11) is -2.54. The molecule has 3 rings (SSSR count). The Balaban J connectivity index is 2.00. The molecule has 8 heteroatoms. The van der Waals surface area contributed by atoms with Gasteiger partial charge in [0, 0.05) is 13.6 Å². The number of benzene rings is 3. The number of hydrogen-bond donors (Lipinski definition) is 1. The molecular weight excluding hydrogens is 462 g/mol. The van der Waals surface area contributed by atoms with E-state index < -0.39 is 28.5 Å². The van der Waals surface area contributed by atoms with Gasteiger partial charge in [-0.15, -0.1) is 0 Å². The van der Waals surface area contributed by atoms with Crippen molar-refractivity contribution in [3.05, 3.63) is 95.6 Å². The molecule has 0 fully saturated rings. The summed E-state index contributed by atoms with van der Waals surface area (Å²) in [5, 5.41) is 2.58. The van der Waals surface area contributed by atoms with Crippen LogP contribution in [0.4, 0.5) is 5.69 Å². The molecule has 2 amide bonds. The van der Waals surface area contributed by atoms with Gasteiger partial charge in [0.25, 0.3) is 10.0 Å². The molecule has 184 valence electrons. The summed E-state index contributed by atoms with van der Waals surface area (Å²) in [5.74, 6) is -0.819. The maximum Gasteiger partial charge on any atom is 0.264 e. The fourth-order valence-corrected chi connectivity index (χ4v) is 5.17. The van der Waals surface area contributed by atoms with Crippen LogP contribution in [0.1, 0.15) is 23.6 Å². The molecule has 3 aromatic rings. The van der Waals surface area contributed by atoms with Gasteiger partial charge in [-0.25, -0.2) is 8.42 Å². The molecule has 0 spiro atoms. The normalized spacial score (nSPS) is 12.0. The van der Waals surface area contributed by atoms with E-state index in [1.807, 2.05) is 38.1 Å². The van der Waals surface area contributed by atoms with Gasteiger partial charge >= 0.3 is 0 Å². The van der Waals surface area contributed by atoms with E-state index in [0.29, 0.717) is 5.69 Å². The third kappa shape index (κ3) is 6.27. The first-order valence-corrected chi connectivity index (χ1v) is 12.8. The number of nitrogens with one attached hydrogen (secondary N) is 1. The van der Waals surface area contributed by atoms with E-state index in [9.17, 15) is 18.0 Å². The summed E-state index contributed by atoms with van der Waals surface area (Å²) in [6.45, 7) is 5.17. The van der Waals surface area contributed by atoms with Gasteiger partial charge in [-0.2, -0.15) is 0 Å². The monoisotopic (exact) mass is 493 g/mol. The maximum atomic E-state index is 13.7. The maximum absolute atomic E-state index is 13.7. The molecule has 3 aromatic carbocycles. The molecule has 7 nitrogen and oxygen atoms in total. The molecule has 35 heavy (non-hydrogen) atoms. The Morgan fingerprint density at radius 1 is 0.886 bits per heavy atom. The fraction of sp³-hybridized carbons (Fsp3) is 0.259. The lowest BCUT2D eigenvalue weighted by molar-refractivity contribution is -0.139. The number of likely N-dealkylation sites (N-methyl/N-ethyl adjacent to an activating group) is 1. The van der Waals surface area contributed by atoms with Crippen molar-refractivity contribution in [2.45, 2.75) is 38.3 Å². The summed E-state index contributed by atoms with van der Waals surface area (Å²) in [4.78, 5) is 27.6. The Morgan fingerprint density at radius 2 is 1.54 bits per heavy atom. The van der Waals surface area contributed by atoms with Gasteiger partial charge in [-0.3, -0.25) is 13.9 Å². The van der Waals surface area contributed by atoms with Crippen LogP contribution in [0.25, 0.3) is 0 Å². The lowest BCUT2D eigenvalue weighted by Crippen LogP contribution is -2.50. The number of para-hydroxylation sites is 1. The van der Waals surface area contributed by atoms with E-state index in [1.165, 1.54) is 24.1 Å². The fourth-order valence-electron chi connectivity index (χ4n) is 3.76. The van der Waals surface area contributed by atoms with Crippen molar-refractivity contribution in [3.63, 3.8) is 0 Å². The first-order chi connectivity index (χ1) is 16.6. The van der Waals surface area contributed by atoms with Crippen molar-refractivity contribution in [3.8, 4) is 0 Å². The van der Waals surface area contributed by atoms with Crippen LogP contribution in [0.2, 0.25) is 0 Å². The van der Waals surface area contributed by atoms with Gasteiger partial charge in [-0.1, -0.05) is 65.7 Å². The van der Waals surface area contributed by atoms with Crippen LogP contribution in [0.3, 0.4) is 0 Å². The second-order valence-corrected chi connectivity index (χ2v) is 10.3. The highest BCUT2D eigenvalue weighted by molar-refractivity contribution is 7.92. The van der Waals surface area contributed by atoms with Crippen LogP contribution in [-0.2, 0) is 26.2 Å². The molecule has 0 aliphatic heterocycles. The van der Waals surface area contributed by atoms with E-state index in [1.54, 1.807) is 49.4 Å². The van der Waals surface area contributed by atoms with Crippen LogP contribution in [0.15, 0.2) is 83.8 Å². The molecule has 0 saturated carbocycles. The smallest absolute Gasteiger partial charge is 0.264 e. The van der Waals surface area contributed by atoms with Gasteiger partial charge in [0.2, 0.25) is 11.8 Å². The number of nitrogens with zero attached hydrogens (tertiary/aromatic N) is 2. The average Bonchev–Trinajstić information content (AvgIpc) is 2.85. The highest BCUT2D eigenvalue weighted by Gasteiger charge is 2.32. The number of hydrogen-bond acceptors (Lipinski definition) is 4. The summed E-state index contributed by atoms with van der Waals surface area (Å²) in [6, 6.07) is 21.8. The van der Waals surface area contributed by atoms with Crippen molar-refractivity contribution < 1.29 is 18.0 Å². The second-order valence-electron chi connectivity index (χ2n) is 8.46. The molecule has 1 N–H and O–H groups in total. The zero-order valence-corrected chi connectivity index (χ0v) is 21.2. The SMILES string of the molecule is CNC(=O)[C@H](C)N(Cc1cccc(C)c1)C(=O)CN(c1ccccc1)S(=O)(=O)c1ccc(C)cc1. The predicted octanol–water partition coefficient (Wildman–Crippen LogP) is 3.66. The minimum absolute atomic E-state index is 0.0873. The number of sulfonamides is 1. The van der Waals surface area contributed by atoms with Crippen molar-refractivity contribution >= 4 is 27.5 Å². The van der Waals surface area contributed by atoms with Crippen LogP contribution in [0, 0.1) is 13.8 Å². The molecule has 0 saturated heterocycles. The highest BCUT2D eigenvalue weighted by atomic mass is 32.2. The van der Waals surface area contributed by atoms with Crippen molar-refractivity contribution in [1.29, 1.82) is 0 Å². The summed E-state index contributed by atoms with van der Waals surface area (Å²) in [6.07, 6.45) is 0. The van der Waals surface area contributed by atoms with Gasteiger partial charge < -0.3 is 10.2 Å². The van der Waals surface area contributed by atoms with E-state index >= 15 is 0 Å². The Hall–Kier alpha value is -3.65. The average molecular weight is 494 g/mol. The van der Waals surface area contributed by atoms with Gasteiger partial charge in [0.15, 0.2) is 0 Å². The summed E-state index contributed by atoms with van der Waals surface area (Å²) >= 11 is 0. The molecule has 0 aliphatic rings. The zero-order chi connectivity index (χ0) is 25.6. The quantitative estimate of drug-likeness (QED) is 0.493. The van der Waals surface area contributed by atoms with E-state index in [2.05, 4.69) is 5.32 Å². The van der Waals surface area contributed by atoms with Crippen LogP contribution >= 0.6 is 0 Å². The minimum Gasteiger partial charge on any atom is -0.357 e. The topological polar surface area (TPSA) is 86.8 Å². The van der Waals surface area contributed by atoms with Crippen molar-refractivity contribution in [2.24, 2.45) is 0 Å². The van der Waals surface area contributed by atoms with Crippen molar-refractivity contribution in [1.82, 2.24) is 10.2 Å². The number of rotatable bonds is 9. The molecule has 0 aliphatic carbocycles. The number of amides is 2. The van der Waals surface area contributed by atoms with Gasteiger partial charge in [0.05, 0.1) is 10.6 Å². The number of anilines is 1. The lowest BCUT2D eigenvalue weighted by Gasteiger charge is -2.31. The number of carbonyl (C=O) groups is 2. The largest absolute Gasteiger partial charge is 0.357 e. The van der Waals surface area contributed by atoms with E-state index in [0.717, 1.165) is 21.0 Å². The zero-order valence-electron chi connectivity index (χ0n) is 20.4. The van der Waals surface area contributed by atoms with Crippen LogP contribution in [-0.4, -0.2) is 44.8 Å². The molecular formula is C27H31N3O4S. The van der Waals surface area contributed by atoms with E-state index in [-0.39, 0.29) is 17.3 Å². The van der Waals surface area contributed by atoms with Crippen LogP contribution < -0.4 is 9.62 Å². The number of carbonyl (C=O) groups excluding carboxylic acids is 2. The summed E-state index contributed by atoms with van der Waals surface area (Å²) in [5.41, 5.74) is 3.16. The van der Waals surface area contributed by atoms with Gasteiger partial charge in [-0.05, 0) is 50.6 Å². The Kier molecular flexibility index (Phi) is 8.30. The minimum atomic E-state index is -4.05. The molecule has 0 unspecified atom stereocenters. The molecule has 0 aromatic heterocycles. The third-order valence-electron chi connectivity index (χ3n) is 5.78. The molecule has 0 bridgehead atoms. The first-order valence-electron chi connectivity index (χ1n) is 11.3. The highest BCUT2D eigenvalue weighted by Crippen LogP contribution is 2.24. The molecule has 0 heterocycles. The van der Waals surface area contributed by atoms with Crippen LogP contribution in [0.5, 0.6) is 0 Å². The summed E-state index contributed by atoms with van der Waals surface area (Å²) < 4.78 is 28.4. The number of aryl methyl sites for hydroxylation is 2. The first kappa shape index (κ1) is 26.0. The lowest BCUT2D eigenvalue weighted by atomic mass is 10.1.